The van der Waals surface area contributed by atoms with Crippen molar-refractivity contribution in [3.8, 4) is 11.3 Å². The van der Waals surface area contributed by atoms with Gasteiger partial charge in [-0.05, 0) is 36.6 Å². The maximum atomic E-state index is 12.5. The fourth-order valence-corrected chi connectivity index (χ4v) is 2.93. The molecule has 2 heterocycles. The minimum absolute atomic E-state index is 0.142. The van der Waals surface area contributed by atoms with Crippen LogP contribution in [0.1, 0.15) is 42.2 Å². The standard InChI is InChI=1S/C19H23N3O3/c1-13(2)16-7-8-17(21-20-16)14-3-5-15(6-4-14)18(24)22-10-9-19(25,11-22)12-23/h3-8,13,23,25H,9-12H2,1-2H3. The molecule has 0 aliphatic carbocycles. The Morgan fingerprint density at radius 2 is 1.92 bits per heavy atom. The predicted octanol–water partition coefficient (Wildman–Crippen LogP) is 1.84. The molecule has 2 aromatic rings. The van der Waals surface area contributed by atoms with E-state index < -0.39 is 5.60 Å². The maximum Gasteiger partial charge on any atom is 0.253 e. The molecule has 3 rings (SSSR count). The molecule has 1 fully saturated rings. The third-order valence-electron chi connectivity index (χ3n) is 4.62. The summed E-state index contributed by atoms with van der Waals surface area (Å²) in [6, 6.07) is 11.1. The van der Waals surface area contributed by atoms with Gasteiger partial charge >= 0.3 is 0 Å². The van der Waals surface area contributed by atoms with E-state index in [0.29, 0.717) is 24.4 Å². The van der Waals surface area contributed by atoms with Crippen LogP contribution in [0, 0.1) is 0 Å². The zero-order valence-electron chi connectivity index (χ0n) is 14.5. The van der Waals surface area contributed by atoms with E-state index in [4.69, 9.17) is 0 Å². The Morgan fingerprint density at radius 1 is 1.20 bits per heavy atom. The number of carbonyl (C=O) groups excluding carboxylic acids is 1. The molecule has 1 aromatic heterocycles. The summed E-state index contributed by atoms with van der Waals surface area (Å²) in [5, 5.41) is 27.7. The van der Waals surface area contributed by atoms with E-state index in [1.165, 1.54) is 0 Å². The SMILES string of the molecule is CC(C)c1ccc(-c2ccc(C(=O)N3CCC(O)(CO)C3)cc2)nn1. The van der Waals surface area contributed by atoms with Gasteiger partial charge in [0.15, 0.2) is 0 Å². The zero-order chi connectivity index (χ0) is 18.0. The topological polar surface area (TPSA) is 86.6 Å². The highest BCUT2D eigenvalue weighted by Gasteiger charge is 2.37. The lowest BCUT2D eigenvalue weighted by atomic mass is 10.1. The van der Waals surface area contributed by atoms with E-state index in [0.717, 1.165) is 17.0 Å². The maximum absolute atomic E-state index is 12.5. The van der Waals surface area contributed by atoms with Crippen LogP contribution in [0.3, 0.4) is 0 Å². The third kappa shape index (κ3) is 3.70. The average molecular weight is 341 g/mol. The van der Waals surface area contributed by atoms with Crippen molar-refractivity contribution < 1.29 is 15.0 Å². The molecule has 0 spiro atoms. The van der Waals surface area contributed by atoms with Gasteiger partial charge in [-0.1, -0.05) is 26.0 Å². The normalized spacial score (nSPS) is 20.3. The smallest absolute Gasteiger partial charge is 0.253 e. The predicted molar refractivity (Wildman–Crippen MR) is 94.1 cm³/mol. The van der Waals surface area contributed by atoms with Crippen LogP contribution >= 0.6 is 0 Å². The number of nitrogens with zero attached hydrogens (tertiary/aromatic N) is 3. The van der Waals surface area contributed by atoms with E-state index in [9.17, 15) is 15.0 Å². The van der Waals surface area contributed by atoms with Crippen molar-refractivity contribution in [3.63, 3.8) is 0 Å². The first-order valence-corrected chi connectivity index (χ1v) is 8.48. The first-order valence-electron chi connectivity index (χ1n) is 8.48. The van der Waals surface area contributed by atoms with E-state index >= 15 is 0 Å². The van der Waals surface area contributed by atoms with Crippen LogP contribution in [-0.2, 0) is 0 Å². The number of likely N-dealkylation sites (tertiary alicyclic amines) is 1. The second-order valence-electron chi connectivity index (χ2n) is 6.93. The van der Waals surface area contributed by atoms with E-state index in [1.807, 2.05) is 24.3 Å². The summed E-state index contributed by atoms with van der Waals surface area (Å²) in [6.07, 6.45) is 0.394. The van der Waals surface area contributed by atoms with Crippen LogP contribution in [0.4, 0.5) is 0 Å². The van der Waals surface area contributed by atoms with Gasteiger partial charge in [0.2, 0.25) is 0 Å². The van der Waals surface area contributed by atoms with Crippen molar-refractivity contribution in [3.05, 3.63) is 47.7 Å². The molecule has 1 aromatic carbocycles. The molecule has 1 aliphatic heterocycles. The summed E-state index contributed by atoms with van der Waals surface area (Å²) in [6.45, 7) is 4.41. The molecule has 0 radical (unpaired) electrons. The quantitative estimate of drug-likeness (QED) is 0.886. The molecule has 1 amide bonds. The van der Waals surface area contributed by atoms with Gasteiger partial charge in [-0.25, -0.2) is 0 Å². The van der Waals surface area contributed by atoms with Crippen molar-refractivity contribution in [1.82, 2.24) is 15.1 Å². The molecular formula is C19H23N3O3. The lowest BCUT2D eigenvalue weighted by molar-refractivity contribution is -0.00455. The number of carbonyl (C=O) groups is 1. The van der Waals surface area contributed by atoms with Crippen molar-refractivity contribution in [2.24, 2.45) is 0 Å². The Bertz CT molecular complexity index is 744. The number of hydrogen-bond donors (Lipinski definition) is 2. The van der Waals surface area contributed by atoms with Gasteiger partial charge in [0.1, 0.15) is 5.60 Å². The van der Waals surface area contributed by atoms with Crippen LogP contribution in [0.25, 0.3) is 11.3 Å². The molecule has 1 aliphatic rings. The van der Waals surface area contributed by atoms with Gasteiger partial charge < -0.3 is 15.1 Å². The van der Waals surface area contributed by atoms with Crippen molar-refractivity contribution in [2.45, 2.75) is 31.8 Å². The first kappa shape index (κ1) is 17.5. The molecule has 6 nitrogen and oxygen atoms in total. The molecule has 2 N–H and O–H groups in total. The Hall–Kier alpha value is -2.31. The third-order valence-corrected chi connectivity index (χ3v) is 4.62. The molecule has 1 atom stereocenters. The molecule has 0 saturated carbocycles. The molecule has 0 bridgehead atoms. The van der Waals surface area contributed by atoms with Gasteiger partial charge in [-0.2, -0.15) is 10.2 Å². The second kappa shape index (κ2) is 6.90. The number of aliphatic hydroxyl groups is 2. The van der Waals surface area contributed by atoms with Gasteiger partial charge in [-0.15, -0.1) is 0 Å². The number of amides is 1. The number of β-amino-alcohol motifs (C(OH)–C–C–N with tert-alkyl or cyclic N) is 1. The molecule has 1 saturated heterocycles. The van der Waals surface area contributed by atoms with Crippen LogP contribution in [0.2, 0.25) is 0 Å². The number of aromatic nitrogens is 2. The zero-order valence-corrected chi connectivity index (χ0v) is 14.5. The molecule has 1 unspecified atom stereocenters. The summed E-state index contributed by atoms with van der Waals surface area (Å²) in [4.78, 5) is 14.1. The largest absolute Gasteiger partial charge is 0.393 e. The van der Waals surface area contributed by atoms with Crippen LogP contribution in [0.5, 0.6) is 0 Å². The minimum atomic E-state index is -1.18. The summed E-state index contributed by atoms with van der Waals surface area (Å²) in [5.74, 6) is 0.191. The number of rotatable bonds is 4. The Kier molecular flexibility index (Phi) is 4.83. The van der Waals surface area contributed by atoms with E-state index in [1.54, 1.807) is 17.0 Å². The Labute approximate surface area is 147 Å². The van der Waals surface area contributed by atoms with Crippen molar-refractivity contribution >= 4 is 5.91 Å². The van der Waals surface area contributed by atoms with E-state index in [2.05, 4.69) is 24.0 Å². The second-order valence-corrected chi connectivity index (χ2v) is 6.93. The fraction of sp³-hybridized carbons (Fsp3) is 0.421. The van der Waals surface area contributed by atoms with Gasteiger partial charge in [0.05, 0.1) is 24.5 Å². The van der Waals surface area contributed by atoms with Crippen molar-refractivity contribution in [1.29, 1.82) is 0 Å². The van der Waals surface area contributed by atoms with Crippen LogP contribution in [0.15, 0.2) is 36.4 Å². The Morgan fingerprint density at radius 3 is 2.44 bits per heavy atom. The number of benzene rings is 1. The molecule has 6 heteroatoms. The number of aliphatic hydroxyl groups excluding tert-OH is 1. The highest BCUT2D eigenvalue weighted by molar-refractivity contribution is 5.95. The monoisotopic (exact) mass is 341 g/mol. The molecular weight excluding hydrogens is 318 g/mol. The highest BCUT2D eigenvalue weighted by Crippen LogP contribution is 2.24. The van der Waals surface area contributed by atoms with Gasteiger partial charge in [0, 0.05) is 17.7 Å². The lowest BCUT2D eigenvalue weighted by Crippen LogP contribution is -2.38. The van der Waals surface area contributed by atoms with E-state index in [-0.39, 0.29) is 19.1 Å². The van der Waals surface area contributed by atoms with Crippen molar-refractivity contribution in [2.75, 3.05) is 19.7 Å². The first-order chi connectivity index (χ1) is 11.9. The van der Waals surface area contributed by atoms with Crippen LogP contribution < -0.4 is 0 Å². The Balaban J connectivity index is 1.73. The molecule has 132 valence electrons. The fourth-order valence-electron chi connectivity index (χ4n) is 2.93. The molecule has 25 heavy (non-hydrogen) atoms. The van der Waals surface area contributed by atoms with Gasteiger partial charge in [0.25, 0.3) is 5.91 Å². The lowest BCUT2D eigenvalue weighted by Gasteiger charge is -2.21. The summed E-state index contributed by atoms with van der Waals surface area (Å²) in [5.41, 5.74) is 1.98. The van der Waals surface area contributed by atoms with Gasteiger partial charge in [-0.3, -0.25) is 4.79 Å². The minimum Gasteiger partial charge on any atom is -0.393 e. The van der Waals surface area contributed by atoms with Crippen LogP contribution in [-0.4, -0.2) is 56.5 Å². The average Bonchev–Trinajstić information content (AvgIpc) is 3.04. The summed E-state index contributed by atoms with van der Waals surface area (Å²) >= 11 is 0. The summed E-state index contributed by atoms with van der Waals surface area (Å²) in [7, 11) is 0. The number of hydrogen-bond acceptors (Lipinski definition) is 5. The highest BCUT2D eigenvalue weighted by atomic mass is 16.3. The summed E-state index contributed by atoms with van der Waals surface area (Å²) < 4.78 is 0.